The fourth-order valence-corrected chi connectivity index (χ4v) is 1.51. The average Bonchev–Trinajstić information content (AvgIpc) is 2.49. The van der Waals surface area contributed by atoms with Gasteiger partial charge in [-0.05, 0) is 12.5 Å². The third-order valence-corrected chi connectivity index (χ3v) is 2.87. The summed E-state index contributed by atoms with van der Waals surface area (Å²) in [7, 11) is 0. The molecule has 0 aliphatic carbocycles. The zero-order chi connectivity index (χ0) is 9.90. The van der Waals surface area contributed by atoms with Crippen LogP contribution >= 0.6 is 0 Å². The molecule has 1 N–H and O–H groups in total. The van der Waals surface area contributed by atoms with Gasteiger partial charge in [-0.1, -0.05) is 20.4 Å². The molecule has 1 rings (SSSR count). The fraction of sp³-hybridized carbons (Fsp3) is 0.700. The van der Waals surface area contributed by atoms with Gasteiger partial charge in [0.05, 0.1) is 19.3 Å². The fourth-order valence-electron chi connectivity index (χ4n) is 1.51. The summed E-state index contributed by atoms with van der Waals surface area (Å²) in [5.74, 6) is -0.116. The van der Waals surface area contributed by atoms with E-state index in [0.29, 0.717) is 6.61 Å². The van der Waals surface area contributed by atoms with Gasteiger partial charge in [-0.15, -0.1) is 0 Å². The summed E-state index contributed by atoms with van der Waals surface area (Å²) in [5, 5.41) is 2.89. The van der Waals surface area contributed by atoms with Gasteiger partial charge in [0.25, 0.3) is 0 Å². The largest absolute Gasteiger partial charge is 0.379 e. The van der Waals surface area contributed by atoms with Crippen molar-refractivity contribution in [3.8, 4) is 0 Å². The zero-order valence-corrected chi connectivity index (χ0v) is 8.30. The number of amides is 1. The Morgan fingerprint density at radius 2 is 2.54 bits per heavy atom. The predicted molar refractivity (Wildman–Crippen MR) is 51.3 cm³/mol. The van der Waals surface area contributed by atoms with E-state index in [2.05, 4.69) is 25.7 Å². The van der Waals surface area contributed by atoms with Crippen LogP contribution in [0.1, 0.15) is 20.3 Å². The predicted octanol–water partition coefficient (Wildman–Crippen LogP) is 1.10. The number of ether oxygens (including phenoxy) is 1. The molecule has 0 bridgehead atoms. The Kier molecular flexibility index (Phi) is 3.09. The van der Waals surface area contributed by atoms with Crippen LogP contribution in [-0.4, -0.2) is 25.2 Å². The normalized spacial score (nSPS) is 32.9. The van der Waals surface area contributed by atoms with Crippen LogP contribution in [0.4, 0.5) is 0 Å². The highest BCUT2D eigenvalue weighted by Crippen LogP contribution is 2.31. The van der Waals surface area contributed by atoms with Crippen molar-refractivity contribution < 1.29 is 9.53 Å². The van der Waals surface area contributed by atoms with Crippen molar-refractivity contribution >= 4 is 5.91 Å². The van der Waals surface area contributed by atoms with E-state index < -0.39 is 0 Å². The van der Waals surface area contributed by atoms with Gasteiger partial charge in [0, 0.05) is 5.41 Å². The van der Waals surface area contributed by atoms with Crippen molar-refractivity contribution in [3.63, 3.8) is 0 Å². The summed E-state index contributed by atoms with van der Waals surface area (Å²) in [5.41, 5.74) is 0.0820. The van der Waals surface area contributed by atoms with Crippen LogP contribution in [-0.2, 0) is 9.53 Å². The Morgan fingerprint density at radius 1 is 1.85 bits per heavy atom. The van der Waals surface area contributed by atoms with Gasteiger partial charge in [-0.3, -0.25) is 4.79 Å². The molecule has 3 nitrogen and oxygen atoms in total. The van der Waals surface area contributed by atoms with E-state index in [4.69, 9.17) is 4.74 Å². The molecule has 1 fully saturated rings. The lowest BCUT2D eigenvalue weighted by Crippen LogP contribution is -2.44. The highest BCUT2D eigenvalue weighted by molar-refractivity contribution is 5.87. The molecule has 1 heterocycles. The first-order valence-electron chi connectivity index (χ1n) is 4.63. The minimum Gasteiger partial charge on any atom is -0.379 e. The molecule has 0 unspecified atom stereocenters. The lowest BCUT2D eigenvalue weighted by atomic mass is 9.83. The lowest BCUT2D eigenvalue weighted by Gasteiger charge is -2.28. The second kappa shape index (κ2) is 3.92. The van der Waals surface area contributed by atoms with Gasteiger partial charge >= 0.3 is 0 Å². The number of hydrogen-bond acceptors (Lipinski definition) is 2. The van der Waals surface area contributed by atoms with Crippen LogP contribution in [0.3, 0.4) is 0 Å². The first kappa shape index (κ1) is 10.3. The van der Waals surface area contributed by atoms with Crippen molar-refractivity contribution in [2.24, 2.45) is 5.41 Å². The summed E-state index contributed by atoms with van der Waals surface area (Å²) in [6.07, 6.45) is 2.31. The minimum atomic E-state index is -0.116. The van der Waals surface area contributed by atoms with Gasteiger partial charge in [0.15, 0.2) is 0 Å². The van der Waals surface area contributed by atoms with Crippen molar-refractivity contribution in [1.82, 2.24) is 5.32 Å². The Labute approximate surface area is 79.2 Å². The Morgan fingerprint density at radius 3 is 3.08 bits per heavy atom. The number of carbonyl (C=O) groups is 1. The van der Waals surface area contributed by atoms with Crippen LogP contribution in [0.15, 0.2) is 12.7 Å². The second-order valence-corrected chi connectivity index (χ2v) is 3.79. The van der Waals surface area contributed by atoms with Crippen LogP contribution in [0, 0.1) is 5.41 Å². The van der Waals surface area contributed by atoms with Crippen molar-refractivity contribution in [2.45, 2.75) is 26.3 Å². The van der Waals surface area contributed by atoms with Crippen LogP contribution in [0.5, 0.6) is 0 Å². The summed E-state index contributed by atoms with van der Waals surface area (Å²) in [6, 6.07) is 0.128. The van der Waals surface area contributed by atoms with Gasteiger partial charge < -0.3 is 10.1 Å². The topological polar surface area (TPSA) is 38.3 Å². The highest BCUT2D eigenvalue weighted by Gasteiger charge is 2.38. The Hall–Kier alpha value is -0.830. The molecule has 0 aromatic carbocycles. The van der Waals surface area contributed by atoms with E-state index in [1.165, 1.54) is 6.08 Å². The van der Waals surface area contributed by atoms with E-state index in [-0.39, 0.29) is 17.4 Å². The molecule has 0 radical (unpaired) electrons. The zero-order valence-electron chi connectivity index (χ0n) is 8.30. The van der Waals surface area contributed by atoms with E-state index in [1.807, 2.05) is 0 Å². The third-order valence-electron chi connectivity index (χ3n) is 2.87. The standard InChI is InChI=1S/C10H17NO2/c1-4-9(12)11-8-6-13-7-10(8,3)5-2/h4,8H,1,5-7H2,2-3H3,(H,11,12)/t8-,10+/m0/s1. The summed E-state index contributed by atoms with van der Waals surface area (Å²) in [6.45, 7) is 9.01. The van der Waals surface area contributed by atoms with E-state index in [9.17, 15) is 4.79 Å². The van der Waals surface area contributed by atoms with Gasteiger partial charge in [-0.25, -0.2) is 0 Å². The Bertz CT molecular complexity index is 215. The molecule has 0 aromatic heterocycles. The molecular formula is C10H17NO2. The number of hydrogen-bond donors (Lipinski definition) is 1. The van der Waals surface area contributed by atoms with Crippen molar-refractivity contribution in [3.05, 3.63) is 12.7 Å². The van der Waals surface area contributed by atoms with Crippen LogP contribution in [0.25, 0.3) is 0 Å². The molecule has 1 saturated heterocycles. The van der Waals surface area contributed by atoms with Crippen LogP contribution in [0.2, 0.25) is 0 Å². The van der Waals surface area contributed by atoms with Crippen LogP contribution < -0.4 is 5.32 Å². The van der Waals surface area contributed by atoms with E-state index in [1.54, 1.807) is 0 Å². The maximum Gasteiger partial charge on any atom is 0.243 e. The summed E-state index contributed by atoms with van der Waals surface area (Å²) >= 11 is 0. The third kappa shape index (κ3) is 2.10. The van der Waals surface area contributed by atoms with E-state index in [0.717, 1.165) is 13.0 Å². The molecule has 0 saturated carbocycles. The molecule has 1 aliphatic heterocycles. The first-order valence-corrected chi connectivity index (χ1v) is 4.63. The monoisotopic (exact) mass is 183 g/mol. The molecule has 1 aliphatic rings. The molecule has 0 spiro atoms. The molecule has 3 heteroatoms. The van der Waals surface area contributed by atoms with Gasteiger partial charge in [0.2, 0.25) is 5.91 Å². The maximum absolute atomic E-state index is 11.1. The number of nitrogens with one attached hydrogen (secondary N) is 1. The van der Waals surface area contributed by atoms with Crippen molar-refractivity contribution in [1.29, 1.82) is 0 Å². The first-order chi connectivity index (χ1) is 6.12. The average molecular weight is 183 g/mol. The highest BCUT2D eigenvalue weighted by atomic mass is 16.5. The number of rotatable bonds is 3. The second-order valence-electron chi connectivity index (χ2n) is 3.79. The summed E-state index contributed by atoms with van der Waals surface area (Å²) < 4.78 is 5.36. The smallest absolute Gasteiger partial charge is 0.243 e. The quantitative estimate of drug-likeness (QED) is 0.665. The molecule has 74 valence electrons. The maximum atomic E-state index is 11.1. The van der Waals surface area contributed by atoms with Gasteiger partial charge in [-0.2, -0.15) is 0 Å². The van der Waals surface area contributed by atoms with Crippen molar-refractivity contribution in [2.75, 3.05) is 13.2 Å². The van der Waals surface area contributed by atoms with Gasteiger partial charge in [0.1, 0.15) is 0 Å². The van der Waals surface area contributed by atoms with E-state index >= 15 is 0 Å². The Balaban J connectivity index is 2.58. The molecule has 1 amide bonds. The minimum absolute atomic E-state index is 0.0820. The molecular weight excluding hydrogens is 166 g/mol. The molecule has 2 atom stereocenters. The molecule has 0 aromatic rings. The number of carbonyl (C=O) groups excluding carboxylic acids is 1. The SMILES string of the molecule is C=CC(=O)N[C@H]1COC[C@@]1(C)CC. The summed E-state index contributed by atoms with van der Waals surface area (Å²) in [4.78, 5) is 11.1. The molecule has 13 heavy (non-hydrogen) atoms. The lowest BCUT2D eigenvalue weighted by molar-refractivity contribution is -0.117.